The molecule has 22 heavy (non-hydrogen) atoms. The van der Waals surface area contributed by atoms with Gasteiger partial charge in [-0.2, -0.15) is 0 Å². The molecular weight excluding hydrogens is 270 g/mol. The maximum Gasteiger partial charge on any atom is 0.222 e. The van der Waals surface area contributed by atoms with Crippen LogP contribution in [0.3, 0.4) is 0 Å². The molecule has 2 rings (SSSR count). The summed E-state index contributed by atoms with van der Waals surface area (Å²) in [5.41, 5.74) is 0. The molecule has 0 unspecified atom stereocenters. The van der Waals surface area contributed by atoms with E-state index in [9.17, 15) is 4.79 Å². The van der Waals surface area contributed by atoms with Crippen LogP contribution >= 0.6 is 0 Å². The van der Waals surface area contributed by atoms with Crippen molar-refractivity contribution in [3.63, 3.8) is 0 Å². The third kappa shape index (κ3) is 7.15. The fraction of sp³-hybridized carbons (Fsp3) is 0.950. The van der Waals surface area contributed by atoms with Gasteiger partial charge in [0.05, 0.1) is 0 Å². The van der Waals surface area contributed by atoms with E-state index in [1.807, 2.05) is 0 Å². The molecule has 0 aromatic rings. The van der Waals surface area contributed by atoms with Crippen molar-refractivity contribution in [3.8, 4) is 0 Å². The summed E-state index contributed by atoms with van der Waals surface area (Å²) in [5.74, 6) is 1.48. The Morgan fingerprint density at radius 1 is 0.727 bits per heavy atom. The van der Waals surface area contributed by atoms with Gasteiger partial charge in [0.15, 0.2) is 0 Å². The van der Waals surface area contributed by atoms with E-state index in [4.69, 9.17) is 0 Å². The highest BCUT2D eigenvalue weighted by atomic mass is 16.2. The molecule has 1 saturated heterocycles. The van der Waals surface area contributed by atoms with Gasteiger partial charge in [-0.3, -0.25) is 4.79 Å². The van der Waals surface area contributed by atoms with E-state index in [0.717, 1.165) is 31.8 Å². The lowest BCUT2D eigenvalue weighted by Gasteiger charge is -2.14. The smallest absolute Gasteiger partial charge is 0.222 e. The molecule has 1 saturated carbocycles. The Morgan fingerprint density at radius 2 is 1.27 bits per heavy atom. The lowest BCUT2D eigenvalue weighted by atomic mass is 9.99. The maximum absolute atomic E-state index is 11.9. The van der Waals surface area contributed by atoms with E-state index >= 15 is 0 Å². The Hall–Kier alpha value is -0.530. The summed E-state index contributed by atoms with van der Waals surface area (Å²) in [6.45, 7) is 2.03. The van der Waals surface area contributed by atoms with Crippen molar-refractivity contribution >= 4 is 5.91 Å². The number of unbranched alkanes of at least 4 members (excludes halogenated alkanes) is 7. The molecule has 128 valence electrons. The number of hydrogen-bond donors (Lipinski definition) is 0. The Kier molecular flexibility index (Phi) is 8.97. The standard InChI is InChI=1S/C20H37NO/c22-20(21-17-11-12-18-21)16-8-6-4-2-1-3-5-7-13-19-14-9-10-15-19/h19H,1-18H2. The normalized spacial score (nSPS) is 19.2. The predicted molar refractivity (Wildman–Crippen MR) is 93.9 cm³/mol. The zero-order valence-electron chi connectivity index (χ0n) is 14.7. The van der Waals surface area contributed by atoms with Crippen LogP contribution in [0.2, 0.25) is 0 Å². The molecule has 0 spiro atoms. The molecule has 2 aliphatic rings. The summed E-state index contributed by atoms with van der Waals surface area (Å²) in [7, 11) is 0. The fourth-order valence-corrected chi connectivity index (χ4v) is 4.19. The Morgan fingerprint density at radius 3 is 1.91 bits per heavy atom. The molecule has 0 N–H and O–H groups in total. The van der Waals surface area contributed by atoms with Gasteiger partial charge < -0.3 is 4.90 Å². The molecule has 0 aromatic carbocycles. The SMILES string of the molecule is O=C(CCCCCCCCCCC1CCCC1)N1CCCC1. The average molecular weight is 308 g/mol. The van der Waals surface area contributed by atoms with Gasteiger partial charge in [0.25, 0.3) is 0 Å². The quantitative estimate of drug-likeness (QED) is 0.448. The van der Waals surface area contributed by atoms with Crippen LogP contribution in [-0.2, 0) is 4.79 Å². The monoisotopic (exact) mass is 307 g/mol. The second kappa shape index (κ2) is 11.1. The minimum atomic E-state index is 0.407. The third-order valence-corrected chi connectivity index (χ3v) is 5.69. The first-order valence-corrected chi connectivity index (χ1v) is 10.1. The van der Waals surface area contributed by atoms with Crippen LogP contribution in [0.15, 0.2) is 0 Å². The molecule has 1 heterocycles. The van der Waals surface area contributed by atoms with Crippen LogP contribution in [0.25, 0.3) is 0 Å². The Bertz CT molecular complexity index is 290. The first kappa shape index (κ1) is 17.8. The number of amides is 1. The molecule has 1 aliphatic carbocycles. The first-order valence-electron chi connectivity index (χ1n) is 10.1. The number of hydrogen-bond acceptors (Lipinski definition) is 1. The highest BCUT2D eigenvalue weighted by Crippen LogP contribution is 2.29. The molecule has 1 aliphatic heterocycles. The fourth-order valence-electron chi connectivity index (χ4n) is 4.19. The number of rotatable bonds is 11. The lowest BCUT2D eigenvalue weighted by molar-refractivity contribution is -0.130. The van der Waals surface area contributed by atoms with Crippen LogP contribution in [0, 0.1) is 5.92 Å². The van der Waals surface area contributed by atoms with Crippen molar-refractivity contribution in [3.05, 3.63) is 0 Å². The molecule has 0 radical (unpaired) electrons. The van der Waals surface area contributed by atoms with E-state index in [2.05, 4.69) is 4.90 Å². The summed E-state index contributed by atoms with van der Waals surface area (Å²) < 4.78 is 0. The summed E-state index contributed by atoms with van der Waals surface area (Å²) in [5, 5.41) is 0. The zero-order valence-corrected chi connectivity index (χ0v) is 14.7. The third-order valence-electron chi connectivity index (χ3n) is 5.69. The van der Waals surface area contributed by atoms with Crippen LogP contribution in [-0.4, -0.2) is 23.9 Å². The molecule has 2 nitrogen and oxygen atoms in total. The van der Waals surface area contributed by atoms with Crippen molar-refractivity contribution in [1.29, 1.82) is 0 Å². The minimum Gasteiger partial charge on any atom is -0.343 e. The molecule has 1 amide bonds. The van der Waals surface area contributed by atoms with Crippen LogP contribution in [0.5, 0.6) is 0 Å². The van der Waals surface area contributed by atoms with E-state index in [1.54, 1.807) is 0 Å². The van der Waals surface area contributed by atoms with E-state index in [-0.39, 0.29) is 0 Å². The largest absolute Gasteiger partial charge is 0.343 e. The van der Waals surface area contributed by atoms with Crippen molar-refractivity contribution < 1.29 is 4.79 Å². The van der Waals surface area contributed by atoms with Gasteiger partial charge in [0.2, 0.25) is 5.91 Å². The molecular formula is C20H37NO. The Labute approximate surface area is 138 Å². The molecule has 0 atom stereocenters. The van der Waals surface area contributed by atoms with Crippen molar-refractivity contribution in [2.24, 2.45) is 5.92 Å². The van der Waals surface area contributed by atoms with Crippen molar-refractivity contribution in [1.82, 2.24) is 4.90 Å². The van der Waals surface area contributed by atoms with Gasteiger partial charge in [-0.1, -0.05) is 77.0 Å². The second-order valence-electron chi connectivity index (χ2n) is 7.61. The summed E-state index contributed by atoms with van der Waals surface area (Å²) in [4.78, 5) is 13.9. The topological polar surface area (TPSA) is 20.3 Å². The van der Waals surface area contributed by atoms with Crippen molar-refractivity contribution in [2.45, 2.75) is 103 Å². The number of nitrogens with zero attached hydrogens (tertiary/aromatic N) is 1. The van der Waals surface area contributed by atoms with Gasteiger partial charge in [0, 0.05) is 19.5 Å². The van der Waals surface area contributed by atoms with Gasteiger partial charge in [0.1, 0.15) is 0 Å². The predicted octanol–water partition coefficient (Wildman–Crippen LogP) is 5.70. The molecule has 0 bridgehead atoms. The lowest BCUT2D eigenvalue weighted by Crippen LogP contribution is -2.27. The zero-order chi connectivity index (χ0) is 15.5. The highest BCUT2D eigenvalue weighted by Gasteiger charge is 2.16. The van der Waals surface area contributed by atoms with Crippen LogP contribution in [0.4, 0.5) is 0 Å². The average Bonchev–Trinajstić information content (AvgIpc) is 3.22. The van der Waals surface area contributed by atoms with Gasteiger partial charge in [-0.05, 0) is 25.2 Å². The van der Waals surface area contributed by atoms with Crippen LogP contribution in [0.1, 0.15) is 103 Å². The van der Waals surface area contributed by atoms with Crippen molar-refractivity contribution in [2.75, 3.05) is 13.1 Å². The summed E-state index contributed by atoms with van der Waals surface area (Å²) in [6.07, 6.45) is 21.5. The maximum atomic E-state index is 11.9. The van der Waals surface area contributed by atoms with Gasteiger partial charge in [-0.25, -0.2) is 0 Å². The minimum absolute atomic E-state index is 0.407. The van der Waals surface area contributed by atoms with E-state index in [1.165, 1.54) is 89.9 Å². The number of likely N-dealkylation sites (tertiary alicyclic amines) is 1. The number of carbonyl (C=O) groups is 1. The molecule has 0 aromatic heterocycles. The Balaban J connectivity index is 1.30. The van der Waals surface area contributed by atoms with Gasteiger partial charge >= 0.3 is 0 Å². The second-order valence-corrected chi connectivity index (χ2v) is 7.61. The summed E-state index contributed by atoms with van der Waals surface area (Å²) in [6, 6.07) is 0. The van der Waals surface area contributed by atoms with Crippen LogP contribution < -0.4 is 0 Å². The van der Waals surface area contributed by atoms with E-state index in [0.29, 0.717) is 5.91 Å². The van der Waals surface area contributed by atoms with E-state index < -0.39 is 0 Å². The number of carbonyl (C=O) groups excluding carboxylic acids is 1. The molecule has 2 fully saturated rings. The van der Waals surface area contributed by atoms with Gasteiger partial charge in [-0.15, -0.1) is 0 Å². The molecule has 2 heteroatoms. The summed E-state index contributed by atoms with van der Waals surface area (Å²) >= 11 is 0. The first-order chi connectivity index (χ1) is 10.9. The highest BCUT2D eigenvalue weighted by molar-refractivity contribution is 5.76.